The molecule has 21 heavy (non-hydrogen) atoms. The highest BCUT2D eigenvalue weighted by molar-refractivity contribution is 7.09. The lowest BCUT2D eigenvalue weighted by atomic mass is 10.1. The van der Waals surface area contributed by atoms with Crippen molar-refractivity contribution in [2.75, 3.05) is 11.9 Å². The summed E-state index contributed by atoms with van der Waals surface area (Å²) in [4.78, 5) is 24.6. The van der Waals surface area contributed by atoms with Crippen LogP contribution >= 0.6 is 11.3 Å². The third kappa shape index (κ3) is 3.46. The lowest BCUT2D eigenvalue weighted by Crippen LogP contribution is -2.31. The first-order valence-electron chi connectivity index (χ1n) is 6.51. The number of likely N-dealkylation sites (N-methyl/N-ethyl adjacent to an activating group) is 1. The molecule has 5 nitrogen and oxygen atoms in total. The van der Waals surface area contributed by atoms with Crippen LogP contribution in [0.1, 0.15) is 22.2 Å². The van der Waals surface area contributed by atoms with Crippen molar-refractivity contribution in [1.29, 1.82) is 0 Å². The van der Waals surface area contributed by atoms with Gasteiger partial charge < -0.3 is 4.90 Å². The molecule has 1 unspecified atom stereocenters. The van der Waals surface area contributed by atoms with Gasteiger partial charge in [0.15, 0.2) is 0 Å². The Balaban J connectivity index is 2.27. The van der Waals surface area contributed by atoms with Gasteiger partial charge in [0.1, 0.15) is 12.0 Å². The second-order valence-electron chi connectivity index (χ2n) is 4.87. The molecule has 0 amide bonds. The molecular formula is C15H16N2O3S. The van der Waals surface area contributed by atoms with Crippen molar-refractivity contribution < 1.29 is 9.72 Å². The number of hydrogen-bond donors (Lipinski definition) is 0. The van der Waals surface area contributed by atoms with Crippen LogP contribution < -0.4 is 4.90 Å². The van der Waals surface area contributed by atoms with Gasteiger partial charge in [0, 0.05) is 36.0 Å². The molecule has 1 aromatic heterocycles. The van der Waals surface area contributed by atoms with Crippen LogP contribution in [0.5, 0.6) is 0 Å². The molecule has 0 radical (unpaired) electrons. The quantitative estimate of drug-likeness (QED) is 0.465. The van der Waals surface area contributed by atoms with E-state index in [1.165, 1.54) is 10.9 Å². The maximum Gasteiger partial charge on any atom is 0.293 e. The maximum absolute atomic E-state index is 11.2. The van der Waals surface area contributed by atoms with E-state index in [4.69, 9.17) is 0 Å². The van der Waals surface area contributed by atoms with Crippen LogP contribution in [0, 0.1) is 10.1 Å². The van der Waals surface area contributed by atoms with Gasteiger partial charge in [0.25, 0.3) is 5.69 Å². The minimum Gasteiger partial charge on any atom is -0.366 e. The highest BCUT2D eigenvalue weighted by Gasteiger charge is 2.21. The number of hydrogen-bond acceptors (Lipinski definition) is 5. The van der Waals surface area contributed by atoms with Crippen molar-refractivity contribution in [3.8, 4) is 0 Å². The van der Waals surface area contributed by atoms with Gasteiger partial charge in [0.05, 0.1) is 4.92 Å². The summed E-state index contributed by atoms with van der Waals surface area (Å²) in [5, 5.41) is 13.2. The largest absolute Gasteiger partial charge is 0.366 e. The molecule has 0 saturated heterocycles. The Hall–Kier alpha value is -2.21. The average molecular weight is 304 g/mol. The molecule has 0 saturated carbocycles. The highest BCUT2D eigenvalue weighted by Crippen LogP contribution is 2.30. The Bertz CT molecular complexity index is 640. The number of nitrogens with zero attached hydrogens (tertiary/aromatic N) is 2. The molecule has 0 aliphatic rings. The predicted octanol–water partition coefficient (Wildman–Crippen LogP) is 3.54. The third-order valence-electron chi connectivity index (χ3n) is 3.45. The van der Waals surface area contributed by atoms with Gasteiger partial charge in [-0.05, 0) is 30.5 Å². The first-order valence-corrected chi connectivity index (χ1v) is 7.39. The van der Waals surface area contributed by atoms with Gasteiger partial charge in [-0.1, -0.05) is 6.07 Å². The van der Waals surface area contributed by atoms with E-state index in [1.54, 1.807) is 23.5 Å². The summed E-state index contributed by atoms with van der Waals surface area (Å²) in [5.74, 6) is 0. The number of aldehydes is 1. The number of nitro groups is 1. The van der Waals surface area contributed by atoms with Gasteiger partial charge in [-0.2, -0.15) is 0 Å². The van der Waals surface area contributed by atoms with Crippen molar-refractivity contribution in [1.82, 2.24) is 0 Å². The van der Waals surface area contributed by atoms with Gasteiger partial charge in [-0.15, -0.1) is 11.3 Å². The fourth-order valence-corrected chi connectivity index (χ4v) is 2.98. The van der Waals surface area contributed by atoms with E-state index in [0.717, 1.165) is 6.42 Å². The van der Waals surface area contributed by atoms with E-state index in [0.29, 0.717) is 17.5 Å². The Morgan fingerprint density at radius 2 is 2.19 bits per heavy atom. The monoisotopic (exact) mass is 304 g/mol. The fraction of sp³-hybridized carbons (Fsp3) is 0.267. The maximum atomic E-state index is 11.2. The first-order chi connectivity index (χ1) is 10.0. The Morgan fingerprint density at radius 1 is 1.43 bits per heavy atom. The van der Waals surface area contributed by atoms with Gasteiger partial charge in [0.2, 0.25) is 0 Å². The van der Waals surface area contributed by atoms with Crippen molar-refractivity contribution in [3.63, 3.8) is 0 Å². The summed E-state index contributed by atoms with van der Waals surface area (Å²) in [6.07, 6.45) is 1.44. The summed E-state index contributed by atoms with van der Waals surface area (Å²) in [6, 6.07) is 8.71. The predicted molar refractivity (Wildman–Crippen MR) is 84.4 cm³/mol. The van der Waals surface area contributed by atoms with Crippen molar-refractivity contribution >= 4 is 29.0 Å². The smallest absolute Gasteiger partial charge is 0.293 e. The molecule has 0 N–H and O–H groups in total. The van der Waals surface area contributed by atoms with Gasteiger partial charge in [-0.3, -0.25) is 14.9 Å². The van der Waals surface area contributed by atoms with E-state index in [2.05, 4.69) is 6.07 Å². The van der Waals surface area contributed by atoms with Crippen LogP contribution in [0.15, 0.2) is 35.7 Å². The van der Waals surface area contributed by atoms with Gasteiger partial charge >= 0.3 is 0 Å². The topological polar surface area (TPSA) is 63.5 Å². The third-order valence-corrected chi connectivity index (χ3v) is 4.35. The van der Waals surface area contributed by atoms with E-state index in [-0.39, 0.29) is 11.7 Å². The van der Waals surface area contributed by atoms with Crippen LogP contribution in [0.2, 0.25) is 0 Å². The van der Waals surface area contributed by atoms with E-state index in [1.807, 2.05) is 30.3 Å². The van der Waals surface area contributed by atoms with Crippen LogP contribution in [-0.2, 0) is 6.42 Å². The Kier molecular flexibility index (Phi) is 4.70. The molecule has 110 valence electrons. The lowest BCUT2D eigenvalue weighted by molar-refractivity contribution is -0.384. The Morgan fingerprint density at radius 3 is 2.76 bits per heavy atom. The standard InChI is InChI=1S/C15H16N2O3S/c1-11(8-13-4-3-7-21-13)16(2)14-6-5-12(10-18)9-15(14)17(19)20/h3-7,9-11H,8H2,1-2H3. The normalized spacial score (nSPS) is 11.9. The first kappa shape index (κ1) is 15.2. The van der Waals surface area contributed by atoms with Crippen LogP contribution in [-0.4, -0.2) is 24.3 Å². The van der Waals surface area contributed by atoms with Gasteiger partial charge in [-0.25, -0.2) is 0 Å². The molecule has 0 aliphatic heterocycles. The molecule has 1 heterocycles. The number of carbonyl (C=O) groups is 1. The molecule has 0 fully saturated rings. The molecule has 0 spiro atoms. The molecule has 0 aliphatic carbocycles. The van der Waals surface area contributed by atoms with Crippen LogP contribution in [0.25, 0.3) is 0 Å². The summed E-state index contributed by atoms with van der Waals surface area (Å²) in [6.45, 7) is 2.02. The Labute approximate surface area is 127 Å². The van der Waals surface area contributed by atoms with Crippen molar-refractivity contribution in [3.05, 3.63) is 56.3 Å². The second-order valence-corrected chi connectivity index (χ2v) is 5.90. The highest BCUT2D eigenvalue weighted by atomic mass is 32.1. The summed E-state index contributed by atoms with van der Waals surface area (Å²) in [5.41, 5.74) is 0.791. The van der Waals surface area contributed by atoms with E-state index >= 15 is 0 Å². The molecule has 0 bridgehead atoms. The zero-order valence-corrected chi connectivity index (χ0v) is 12.7. The van der Waals surface area contributed by atoms with Crippen LogP contribution in [0.3, 0.4) is 0 Å². The van der Waals surface area contributed by atoms with Crippen molar-refractivity contribution in [2.45, 2.75) is 19.4 Å². The number of thiophene rings is 1. The number of anilines is 1. The number of nitro benzene ring substituents is 1. The average Bonchev–Trinajstić information content (AvgIpc) is 2.98. The minimum atomic E-state index is -0.448. The van der Waals surface area contributed by atoms with E-state index < -0.39 is 4.92 Å². The molecular weight excluding hydrogens is 288 g/mol. The molecule has 2 rings (SSSR count). The SMILES string of the molecule is CC(Cc1cccs1)N(C)c1ccc(C=O)cc1[N+](=O)[O-]. The summed E-state index contributed by atoms with van der Waals surface area (Å²) < 4.78 is 0. The molecule has 6 heteroatoms. The number of benzene rings is 1. The minimum absolute atomic E-state index is 0.0415. The molecule has 2 aromatic rings. The van der Waals surface area contributed by atoms with Crippen LogP contribution in [0.4, 0.5) is 11.4 Å². The number of carbonyl (C=O) groups excluding carboxylic acids is 1. The zero-order valence-electron chi connectivity index (χ0n) is 11.9. The second kappa shape index (κ2) is 6.49. The molecule has 1 atom stereocenters. The summed E-state index contributed by atoms with van der Waals surface area (Å²) >= 11 is 1.67. The lowest BCUT2D eigenvalue weighted by Gasteiger charge is -2.26. The molecule has 1 aromatic carbocycles. The van der Waals surface area contributed by atoms with Crippen molar-refractivity contribution in [2.24, 2.45) is 0 Å². The zero-order chi connectivity index (χ0) is 15.4. The number of rotatable bonds is 6. The summed E-state index contributed by atoms with van der Waals surface area (Å²) in [7, 11) is 1.83. The fourth-order valence-electron chi connectivity index (χ4n) is 2.15. The van der Waals surface area contributed by atoms with E-state index in [9.17, 15) is 14.9 Å².